The topological polar surface area (TPSA) is 21.1 Å². The minimum atomic E-state index is 0.990. The van der Waals surface area contributed by atoms with Crippen LogP contribution in [0.5, 0.6) is 0 Å². The lowest BCUT2D eigenvalue weighted by atomic mass is 10.1. The second-order valence-electron chi connectivity index (χ2n) is 4.08. The van der Waals surface area contributed by atoms with Gasteiger partial charge in [0.1, 0.15) is 10.4 Å². The van der Waals surface area contributed by atoms with Crippen molar-refractivity contribution in [2.45, 2.75) is 39.3 Å². The van der Waals surface area contributed by atoms with E-state index in [-0.39, 0.29) is 0 Å². The Morgan fingerprint density at radius 1 is 1.33 bits per heavy atom. The van der Waals surface area contributed by atoms with E-state index in [2.05, 4.69) is 37.3 Å². The second-order valence-corrected chi connectivity index (χ2v) is 4.89. The number of hydrogen-bond acceptors (Lipinski definition) is 2. The van der Waals surface area contributed by atoms with E-state index in [1.54, 1.807) is 0 Å². The Labute approximate surface area is 99.6 Å². The number of nitrogens with zero attached hydrogens (tertiary/aromatic N) is 3. The highest BCUT2D eigenvalue weighted by Gasteiger charge is 2.14. The van der Waals surface area contributed by atoms with Gasteiger partial charge in [-0.1, -0.05) is 6.42 Å². The van der Waals surface area contributed by atoms with Gasteiger partial charge in [0.2, 0.25) is 0 Å². The van der Waals surface area contributed by atoms with Gasteiger partial charge in [0, 0.05) is 6.54 Å². The molecule has 3 nitrogen and oxygen atoms in total. The Morgan fingerprint density at radius 2 is 2.07 bits per heavy atom. The Kier molecular flexibility index (Phi) is 3.81. The molecule has 2 rings (SSSR count). The van der Waals surface area contributed by atoms with Crippen LogP contribution in [0.15, 0.2) is 10.8 Å². The van der Waals surface area contributed by atoms with Crippen molar-refractivity contribution in [1.29, 1.82) is 0 Å². The summed E-state index contributed by atoms with van der Waals surface area (Å²) < 4.78 is 3.33. The van der Waals surface area contributed by atoms with E-state index < -0.39 is 0 Å². The molecule has 1 aromatic rings. The van der Waals surface area contributed by atoms with Gasteiger partial charge < -0.3 is 4.57 Å². The lowest BCUT2D eigenvalue weighted by molar-refractivity contribution is 0.213. The molecule has 2 heterocycles. The van der Waals surface area contributed by atoms with E-state index in [1.165, 1.54) is 38.2 Å². The van der Waals surface area contributed by atoms with Crippen LogP contribution in [0.4, 0.5) is 0 Å². The third kappa shape index (κ3) is 2.61. The molecular formula is C11H18BrN3. The quantitative estimate of drug-likeness (QED) is 0.843. The molecule has 1 aliphatic rings. The molecule has 0 saturated carbocycles. The number of piperidine rings is 1. The summed E-state index contributed by atoms with van der Waals surface area (Å²) in [5.74, 6) is 1.19. The van der Waals surface area contributed by atoms with Crippen molar-refractivity contribution in [3.63, 3.8) is 0 Å². The molecule has 0 aromatic carbocycles. The van der Waals surface area contributed by atoms with Gasteiger partial charge >= 0.3 is 0 Å². The molecule has 1 aromatic heterocycles. The summed E-state index contributed by atoms with van der Waals surface area (Å²) >= 11 is 3.52. The van der Waals surface area contributed by atoms with Crippen LogP contribution in [0.1, 0.15) is 32.0 Å². The predicted molar refractivity (Wildman–Crippen MR) is 64.7 cm³/mol. The van der Waals surface area contributed by atoms with Crippen LogP contribution >= 0.6 is 15.9 Å². The van der Waals surface area contributed by atoms with Crippen LogP contribution in [0.25, 0.3) is 0 Å². The van der Waals surface area contributed by atoms with Crippen molar-refractivity contribution >= 4 is 15.9 Å². The summed E-state index contributed by atoms with van der Waals surface area (Å²) in [5, 5.41) is 0. The third-order valence-corrected chi connectivity index (χ3v) is 3.65. The molecular weight excluding hydrogens is 254 g/mol. The fourth-order valence-electron chi connectivity index (χ4n) is 2.17. The maximum Gasteiger partial charge on any atom is 0.123 e. The predicted octanol–water partition coefficient (Wildman–Crippen LogP) is 2.65. The second kappa shape index (κ2) is 5.12. The normalized spacial score (nSPS) is 18.3. The van der Waals surface area contributed by atoms with Gasteiger partial charge in [0.25, 0.3) is 0 Å². The zero-order valence-electron chi connectivity index (χ0n) is 9.25. The standard InChI is InChI=1S/C11H18BrN3/c1-2-15-10(12)8-13-11(15)9-14-6-4-3-5-7-14/h8H,2-7,9H2,1H3. The Hall–Kier alpha value is -0.350. The highest BCUT2D eigenvalue weighted by molar-refractivity contribution is 9.10. The fraction of sp³-hybridized carbons (Fsp3) is 0.727. The Morgan fingerprint density at radius 3 is 2.73 bits per heavy atom. The molecule has 1 aliphatic heterocycles. The molecule has 0 spiro atoms. The summed E-state index contributed by atoms with van der Waals surface area (Å²) in [6.07, 6.45) is 5.98. The molecule has 0 aliphatic carbocycles. The number of aromatic nitrogens is 2. The minimum absolute atomic E-state index is 0.990. The van der Waals surface area contributed by atoms with Gasteiger partial charge in [0.05, 0.1) is 12.7 Å². The molecule has 0 amide bonds. The summed E-state index contributed by atoms with van der Waals surface area (Å²) in [7, 11) is 0. The Bertz CT molecular complexity index is 316. The smallest absolute Gasteiger partial charge is 0.123 e. The van der Waals surface area contributed by atoms with Gasteiger partial charge in [0.15, 0.2) is 0 Å². The molecule has 0 N–H and O–H groups in total. The molecule has 84 valence electrons. The lowest BCUT2D eigenvalue weighted by Gasteiger charge is -2.26. The first kappa shape index (κ1) is 11.1. The van der Waals surface area contributed by atoms with Crippen molar-refractivity contribution in [2.24, 2.45) is 0 Å². The van der Waals surface area contributed by atoms with Gasteiger partial charge in [-0.3, -0.25) is 4.90 Å². The maximum absolute atomic E-state index is 4.46. The molecule has 0 unspecified atom stereocenters. The van der Waals surface area contributed by atoms with E-state index >= 15 is 0 Å². The van der Waals surface area contributed by atoms with E-state index in [4.69, 9.17) is 0 Å². The van der Waals surface area contributed by atoms with E-state index in [1.807, 2.05) is 6.20 Å². The van der Waals surface area contributed by atoms with Crippen LogP contribution in [-0.4, -0.2) is 27.5 Å². The van der Waals surface area contributed by atoms with Crippen LogP contribution in [0.2, 0.25) is 0 Å². The summed E-state index contributed by atoms with van der Waals surface area (Å²) in [6.45, 7) is 6.61. The Balaban J connectivity index is 2.02. The SMILES string of the molecule is CCn1c(Br)cnc1CN1CCCCC1. The largest absolute Gasteiger partial charge is 0.322 e. The number of likely N-dealkylation sites (tertiary alicyclic amines) is 1. The maximum atomic E-state index is 4.46. The fourth-order valence-corrected chi connectivity index (χ4v) is 2.73. The first-order chi connectivity index (χ1) is 7.31. The number of rotatable bonds is 3. The molecule has 15 heavy (non-hydrogen) atoms. The molecule has 4 heteroatoms. The summed E-state index contributed by atoms with van der Waals surface area (Å²) in [4.78, 5) is 6.96. The molecule has 1 fully saturated rings. The third-order valence-electron chi connectivity index (χ3n) is 3.02. The van der Waals surface area contributed by atoms with Crippen LogP contribution in [-0.2, 0) is 13.1 Å². The van der Waals surface area contributed by atoms with E-state index in [9.17, 15) is 0 Å². The number of hydrogen-bond donors (Lipinski definition) is 0. The van der Waals surface area contributed by atoms with Crippen molar-refractivity contribution in [1.82, 2.24) is 14.5 Å². The zero-order chi connectivity index (χ0) is 10.7. The minimum Gasteiger partial charge on any atom is -0.322 e. The average Bonchev–Trinajstić information content (AvgIpc) is 2.61. The first-order valence-corrected chi connectivity index (χ1v) is 6.53. The monoisotopic (exact) mass is 271 g/mol. The van der Waals surface area contributed by atoms with Crippen molar-refractivity contribution < 1.29 is 0 Å². The molecule has 1 saturated heterocycles. The molecule has 0 radical (unpaired) electrons. The van der Waals surface area contributed by atoms with Gasteiger partial charge in [-0.2, -0.15) is 0 Å². The molecule has 0 bridgehead atoms. The van der Waals surface area contributed by atoms with E-state index in [0.717, 1.165) is 17.7 Å². The summed E-state index contributed by atoms with van der Waals surface area (Å²) in [5.41, 5.74) is 0. The van der Waals surface area contributed by atoms with Crippen LogP contribution < -0.4 is 0 Å². The highest BCUT2D eigenvalue weighted by atomic mass is 79.9. The van der Waals surface area contributed by atoms with Gasteiger partial charge in [-0.05, 0) is 48.8 Å². The van der Waals surface area contributed by atoms with Crippen LogP contribution in [0.3, 0.4) is 0 Å². The highest BCUT2D eigenvalue weighted by Crippen LogP contribution is 2.16. The van der Waals surface area contributed by atoms with Gasteiger partial charge in [-0.25, -0.2) is 4.98 Å². The van der Waals surface area contributed by atoms with Crippen molar-refractivity contribution in [3.05, 3.63) is 16.6 Å². The van der Waals surface area contributed by atoms with Gasteiger partial charge in [-0.15, -0.1) is 0 Å². The first-order valence-electron chi connectivity index (χ1n) is 5.73. The van der Waals surface area contributed by atoms with Crippen LogP contribution in [0, 0.1) is 0 Å². The zero-order valence-corrected chi connectivity index (χ0v) is 10.8. The number of halogens is 1. The van der Waals surface area contributed by atoms with Crippen molar-refractivity contribution in [2.75, 3.05) is 13.1 Å². The molecule has 0 atom stereocenters. The lowest BCUT2D eigenvalue weighted by Crippen LogP contribution is -2.30. The average molecular weight is 272 g/mol. The summed E-state index contributed by atoms with van der Waals surface area (Å²) in [6, 6.07) is 0. The van der Waals surface area contributed by atoms with Crippen molar-refractivity contribution in [3.8, 4) is 0 Å². The van der Waals surface area contributed by atoms with E-state index in [0.29, 0.717) is 0 Å². The number of imidazole rings is 1.